The monoisotopic (exact) mass is 395 g/mol. The van der Waals surface area contributed by atoms with Crippen molar-refractivity contribution in [1.29, 1.82) is 0 Å². The summed E-state index contributed by atoms with van der Waals surface area (Å²) in [5.41, 5.74) is 2.85. The number of nitrogens with zero attached hydrogens (tertiary/aromatic N) is 3. The van der Waals surface area contributed by atoms with Crippen molar-refractivity contribution >= 4 is 28.3 Å². The largest absolute Gasteiger partial charge is 0.378 e. The first kappa shape index (κ1) is 18.4. The summed E-state index contributed by atoms with van der Waals surface area (Å²) in [5, 5.41) is 8.20. The van der Waals surface area contributed by atoms with Gasteiger partial charge in [-0.3, -0.25) is 5.32 Å². The Balaban J connectivity index is 1.36. The van der Waals surface area contributed by atoms with Gasteiger partial charge in [0.1, 0.15) is 5.82 Å². The van der Waals surface area contributed by atoms with Crippen molar-refractivity contribution in [1.82, 2.24) is 15.3 Å². The average Bonchev–Trinajstić information content (AvgIpc) is 3.22. The Morgan fingerprint density at radius 1 is 1.14 bits per heavy atom. The van der Waals surface area contributed by atoms with Gasteiger partial charge >= 0.3 is 6.03 Å². The Kier molecular flexibility index (Phi) is 5.79. The smallest absolute Gasteiger partial charge is 0.321 e. The van der Waals surface area contributed by atoms with E-state index in [-0.39, 0.29) is 6.03 Å². The third-order valence-corrected chi connectivity index (χ3v) is 5.17. The number of thiazole rings is 1. The SMILES string of the molecule is O=C(NCc1cccnc1N1CCOCC1)Nc1nc(-c2ccccc2)cs1. The summed E-state index contributed by atoms with van der Waals surface area (Å²) in [7, 11) is 0. The highest BCUT2D eigenvalue weighted by Gasteiger charge is 2.16. The molecule has 8 heteroatoms. The number of nitrogens with one attached hydrogen (secondary N) is 2. The van der Waals surface area contributed by atoms with Gasteiger partial charge in [0.05, 0.1) is 18.9 Å². The lowest BCUT2D eigenvalue weighted by atomic mass is 10.2. The van der Waals surface area contributed by atoms with Gasteiger partial charge in [0.15, 0.2) is 5.13 Å². The van der Waals surface area contributed by atoms with E-state index in [1.54, 1.807) is 6.20 Å². The van der Waals surface area contributed by atoms with Crippen LogP contribution in [0.4, 0.5) is 15.7 Å². The van der Waals surface area contributed by atoms with Crippen LogP contribution in [-0.2, 0) is 11.3 Å². The number of carbonyl (C=O) groups excluding carboxylic acids is 1. The second-order valence-corrected chi connectivity index (χ2v) is 7.16. The van der Waals surface area contributed by atoms with Gasteiger partial charge in [-0.1, -0.05) is 36.4 Å². The van der Waals surface area contributed by atoms with E-state index in [0.717, 1.165) is 35.7 Å². The van der Waals surface area contributed by atoms with Crippen LogP contribution in [0.1, 0.15) is 5.56 Å². The van der Waals surface area contributed by atoms with Gasteiger partial charge in [0.2, 0.25) is 0 Å². The lowest BCUT2D eigenvalue weighted by Crippen LogP contribution is -2.38. The summed E-state index contributed by atoms with van der Waals surface area (Å²) in [5.74, 6) is 0.895. The molecule has 3 aromatic rings. The van der Waals surface area contributed by atoms with Crippen LogP contribution >= 0.6 is 11.3 Å². The van der Waals surface area contributed by atoms with E-state index in [1.165, 1.54) is 11.3 Å². The molecule has 144 valence electrons. The second-order valence-electron chi connectivity index (χ2n) is 6.30. The maximum Gasteiger partial charge on any atom is 0.321 e. The van der Waals surface area contributed by atoms with Crippen LogP contribution in [-0.4, -0.2) is 42.3 Å². The van der Waals surface area contributed by atoms with Crippen molar-refractivity contribution < 1.29 is 9.53 Å². The fraction of sp³-hybridized carbons (Fsp3) is 0.250. The number of carbonyl (C=O) groups is 1. The number of benzene rings is 1. The first-order valence-corrected chi connectivity index (χ1v) is 10.00. The van der Waals surface area contributed by atoms with Crippen LogP contribution in [0, 0.1) is 0 Å². The average molecular weight is 395 g/mol. The van der Waals surface area contributed by atoms with Crippen LogP contribution in [0.15, 0.2) is 54.0 Å². The minimum atomic E-state index is -0.286. The molecule has 1 aliphatic heterocycles. The van der Waals surface area contributed by atoms with E-state index >= 15 is 0 Å². The Hall–Kier alpha value is -2.97. The molecule has 0 unspecified atom stereocenters. The third kappa shape index (κ3) is 4.47. The molecule has 2 N–H and O–H groups in total. The third-order valence-electron chi connectivity index (χ3n) is 4.41. The molecule has 28 heavy (non-hydrogen) atoms. The van der Waals surface area contributed by atoms with Gasteiger partial charge in [0.25, 0.3) is 0 Å². The van der Waals surface area contributed by atoms with Crippen molar-refractivity contribution in [3.05, 3.63) is 59.6 Å². The predicted octanol–water partition coefficient (Wildman–Crippen LogP) is 3.36. The highest BCUT2D eigenvalue weighted by Crippen LogP contribution is 2.24. The first-order chi connectivity index (χ1) is 13.8. The molecule has 0 spiro atoms. The van der Waals surface area contributed by atoms with Crippen LogP contribution < -0.4 is 15.5 Å². The molecule has 0 radical (unpaired) electrons. The predicted molar refractivity (Wildman–Crippen MR) is 111 cm³/mol. The summed E-state index contributed by atoms with van der Waals surface area (Å²) in [4.78, 5) is 23.5. The van der Waals surface area contributed by atoms with E-state index in [0.29, 0.717) is 24.9 Å². The molecule has 1 aliphatic rings. The topological polar surface area (TPSA) is 79.4 Å². The zero-order chi connectivity index (χ0) is 19.2. The molecule has 0 saturated carbocycles. The number of rotatable bonds is 5. The summed E-state index contributed by atoms with van der Waals surface area (Å²) < 4.78 is 5.40. The Bertz CT molecular complexity index is 925. The molecule has 0 aliphatic carbocycles. The van der Waals surface area contributed by atoms with Crippen molar-refractivity contribution in [3.8, 4) is 11.3 Å². The first-order valence-electron chi connectivity index (χ1n) is 9.12. The fourth-order valence-corrected chi connectivity index (χ4v) is 3.73. The van der Waals surface area contributed by atoms with Crippen molar-refractivity contribution in [3.63, 3.8) is 0 Å². The molecular formula is C20H21N5O2S. The molecule has 2 aromatic heterocycles. The molecule has 2 amide bonds. The molecule has 0 atom stereocenters. The van der Waals surface area contributed by atoms with Gasteiger partial charge in [-0.05, 0) is 6.07 Å². The standard InChI is InChI=1S/C20H21N5O2S/c26-19(24-20-23-17(14-28-20)15-5-2-1-3-6-15)22-13-16-7-4-8-21-18(16)25-9-11-27-12-10-25/h1-8,14H,9-13H2,(H2,22,23,24,26). The quantitative estimate of drug-likeness (QED) is 0.693. The lowest BCUT2D eigenvalue weighted by molar-refractivity contribution is 0.122. The van der Waals surface area contributed by atoms with E-state index in [1.807, 2.05) is 47.8 Å². The van der Waals surface area contributed by atoms with Gasteiger partial charge in [-0.2, -0.15) is 0 Å². The molecule has 1 fully saturated rings. The minimum Gasteiger partial charge on any atom is -0.378 e. The number of pyridine rings is 1. The summed E-state index contributed by atoms with van der Waals surface area (Å²) >= 11 is 1.40. The normalized spacial score (nSPS) is 13.9. The number of morpholine rings is 1. The van der Waals surface area contributed by atoms with Crippen LogP contribution in [0.3, 0.4) is 0 Å². The van der Waals surface area contributed by atoms with Gasteiger partial charge < -0.3 is 15.0 Å². The number of hydrogen-bond acceptors (Lipinski definition) is 6. The number of aromatic nitrogens is 2. The van der Waals surface area contributed by atoms with Gasteiger partial charge in [-0.25, -0.2) is 14.8 Å². The number of anilines is 2. The van der Waals surface area contributed by atoms with E-state index in [2.05, 4.69) is 25.5 Å². The van der Waals surface area contributed by atoms with Crippen LogP contribution in [0.5, 0.6) is 0 Å². The van der Waals surface area contributed by atoms with Crippen molar-refractivity contribution in [2.45, 2.75) is 6.54 Å². The minimum absolute atomic E-state index is 0.286. The molecule has 7 nitrogen and oxygen atoms in total. The van der Waals surface area contributed by atoms with Crippen LogP contribution in [0.25, 0.3) is 11.3 Å². The Morgan fingerprint density at radius 3 is 2.79 bits per heavy atom. The Labute approximate surface area is 167 Å². The van der Waals surface area contributed by atoms with Gasteiger partial charge in [-0.15, -0.1) is 11.3 Å². The van der Waals surface area contributed by atoms with E-state index in [9.17, 15) is 4.79 Å². The maximum atomic E-state index is 12.3. The fourth-order valence-electron chi connectivity index (χ4n) is 3.02. The lowest BCUT2D eigenvalue weighted by Gasteiger charge is -2.29. The molecular weight excluding hydrogens is 374 g/mol. The summed E-state index contributed by atoms with van der Waals surface area (Å²) in [6, 6.07) is 13.5. The van der Waals surface area contributed by atoms with Gasteiger partial charge in [0, 0.05) is 42.3 Å². The number of ether oxygens (including phenoxy) is 1. The van der Waals surface area contributed by atoms with Crippen LogP contribution in [0.2, 0.25) is 0 Å². The molecule has 3 heterocycles. The second kappa shape index (κ2) is 8.81. The highest BCUT2D eigenvalue weighted by atomic mass is 32.1. The highest BCUT2D eigenvalue weighted by molar-refractivity contribution is 7.14. The van der Waals surface area contributed by atoms with Crippen molar-refractivity contribution in [2.75, 3.05) is 36.5 Å². The number of hydrogen-bond donors (Lipinski definition) is 2. The van der Waals surface area contributed by atoms with E-state index < -0.39 is 0 Å². The summed E-state index contributed by atoms with van der Waals surface area (Å²) in [6.07, 6.45) is 1.77. The molecule has 1 saturated heterocycles. The molecule has 4 rings (SSSR count). The molecule has 0 bridgehead atoms. The van der Waals surface area contributed by atoms with E-state index in [4.69, 9.17) is 4.74 Å². The summed E-state index contributed by atoms with van der Waals surface area (Å²) in [6.45, 7) is 3.38. The number of amides is 2. The zero-order valence-corrected chi connectivity index (χ0v) is 16.1. The Morgan fingerprint density at radius 2 is 1.96 bits per heavy atom. The molecule has 1 aromatic carbocycles. The van der Waals surface area contributed by atoms with Crippen molar-refractivity contribution in [2.24, 2.45) is 0 Å². The maximum absolute atomic E-state index is 12.3. The number of urea groups is 1. The zero-order valence-electron chi connectivity index (χ0n) is 15.3.